The summed E-state index contributed by atoms with van der Waals surface area (Å²) in [7, 11) is 0. The largest absolute Gasteiger partial charge is 0.480 e. The first-order valence-corrected chi connectivity index (χ1v) is 9.89. The van der Waals surface area contributed by atoms with E-state index in [2.05, 4.69) is 5.32 Å². The van der Waals surface area contributed by atoms with E-state index in [0.717, 1.165) is 42.8 Å². The molecule has 0 bridgehead atoms. The van der Waals surface area contributed by atoms with Crippen molar-refractivity contribution in [2.75, 3.05) is 18.4 Å². The highest BCUT2D eigenvalue weighted by Gasteiger charge is 2.20. The van der Waals surface area contributed by atoms with Crippen molar-refractivity contribution in [2.24, 2.45) is 0 Å². The zero-order chi connectivity index (χ0) is 20.1. The van der Waals surface area contributed by atoms with Gasteiger partial charge in [0.1, 0.15) is 5.75 Å². The van der Waals surface area contributed by atoms with Crippen LogP contribution in [0.15, 0.2) is 42.5 Å². The molecule has 5 nitrogen and oxygen atoms in total. The topological polar surface area (TPSA) is 58.6 Å². The monoisotopic (exact) mass is 380 g/mol. The van der Waals surface area contributed by atoms with Crippen LogP contribution < -0.4 is 10.1 Å². The Balaban J connectivity index is 1.66. The normalized spacial score (nSPS) is 15.0. The fourth-order valence-corrected chi connectivity index (χ4v) is 3.47. The van der Waals surface area contributed by atoms with Gasteiger partial charge in [-0.25, -0.2) is 0 Å². The third-order valence-electron chi connectivity index (χ3n) is 5.09. The molecule has 0 aromatic heterocycles. The molecule has 1 unspecified atom stereocenters. The second-order valence-corrected chi connectivity index (χ2v) is 7.40. The zero-order valence-electron chi connectivity index (χ0n) is 16.8. The third kappa shape index (κ3) is 4.71. The van der Waals surface area contributed by atoms with Crippen molar-refractivity contribution in [3.05, 3.63) is 59.2 Å². The number of benzene rings is 2. The number of hydrogen-bond acceptors (Lipinski definition) is 3. The maximum Gasteiger partial charge on any atom is 0.265 e. The number of likely N-dealkylation sites (tertiary alicyclic amines) is 1. The van der Waals surface area contributed by atoms with Crippen molar-refractivity contribution in [3.8, 4) is 5.75 Å². The molecule has 2 amide bonds. The van der Waals surface area contributed by atoms with Crippen molar-refractivity contribution in [2.45, 2.75) is 46.1 Å². The summed E-state index contributed by atoms with van der Waals surface area (Å²) < 4.78 is 5.90. The number of para-hydroxylation sites is 1. The van der Waals surface area contributed by atoms with E-state index in [1.807, 2.05) is 36.9 Å². The molecule has 5 heteroatoms. The van der Waals surface area contributed by atoms with Crippen LogP contribution in [0.1, 0.15) is 47.7 Å². The molecule has 28 heavy (non-hydrogen) atoms. The smallest absolute Gasteiger partial charge is 0.265 e. The number of ether oxygens (including phenoxy) is 1. The van der Waals surface area contributed by atoms with Crippen LogP contribution in [0.4, 0.5) is 5.69 Å². The van der Waals surface area contributed by atoms with Crippen LogP contribution in [0.5, 0.6) is 5.75 Å². The summed E-state index contributed by atoms with van der Waals surface area (Å²) in [6.45, 7) is 7.25. The molecule has 2 aromatic rings. The van der Waals surface area contributed by atoms with Gasteiger partial charge in [-0.2, -0.15) is 0 Å². The quantitative estimate of drug-likeness (QED) is 0.840. The number of anilines is 1. The summed E-state index contributed by atoms with van der Waals surface area (Å²) in [4.78, 5) is 27.2. The first-order valence-electron chi connectivity index (χ1n) is 9.89. The number of nitrogens with zero attached hydrogens (tertiary/aromatic N) is 1. The maximum atomic E-state index is 12.7. The van der Waals surface area contributed by atoms with Gasteiger partial charge in [-0.3, -0.25) is 9.59 Å². The van der Waals surface area contributed by atoms with E-state index in [4.69, 9.17) is 4.74 Å². The molecule has 0 spiro atoms. The average Bonchev–Trinajstić information content (AvgIpc) is 2.71. The lowest BCUT2D eigenvalue weighted by Gasteiger charge is -2.26. The van der Waals surface area contributed by atoms with Crippen LogP contribution in [-0.2, 0) is 4.79 Å². The Bertz CT molecular complexity index is 836. The molecule has 3 rings (SSSR count). The summed E-state index contributed by atoms with van der Waals surface area (Å²) in [5, 5.41) is 2.86. The minimum absolute atomic E-state index is 0.0237. The van der Waals surface area contributed by atoms with E-state index in [1.165, 1.54) is 6.42 Å². The first kappa shape index (κ1) is 19.9. The minimum atomic E-state index is -0.652. The molecule has 2 aromatic carbocycles. The van der Waals surface area contributed by atoms with Gasteiger partial charge >= 0.3 is 0 Å². The predicted molar refractivity (Wildman–Crippen MR) is 111 cm³/mol. The molecule has 0 radical (unpaired) electrons. The fraction of sp³-hybridized carbons (Fsp3) is 0.391. The van der Waals surface area contributed by atoms with Gasteiger partial charge in [-0.1, -0.05) is 24.3 Å². The third-order valence-corrected chi connectivity index (χ3v) is 5.09. The van der Waals surface area contributed by atoms with Crippen molar-refractivity contribution in [1.29, 1.82) is 0 Å². The van der Waals surface area contributed by atoms with Crippen LogP contribution in [-0.4, -0.2) is 35.9 Å². The Morgan fingerprint density at radius 3 is 2.32 bits per heavy atom. The lowest BCUT2D eigenvalue weighted by molar-refractivity contribution is -0.122. The fourth-order valence-electron chi connectivity index (χ4n) is 3.47. The SMILES string of the molecule is Cc1cccc(C)c1OC(C)C(=O)Nc1cccc(C(=O)N2CCCCC2)c1. The number of rotatable bonds is 5. The standard InChI is InChI=1S/C23H28N2O3/c1-16-9-7-10-17(2)21(16)28-18(3)22(26)24-20-12-8-11-19(15-20)23(27)25-13-5-4-6-14-25/h7-12,15,18H,4-6,13-14H2,1-3H3,(H,24,26). The summed E-state index contributed by atoms with van der Waals surface area (Å²) in [5.41, 5.74) is 3.19. The van der Waals surface area contributed by atoms with Crippen LogP contribution in [0.25, 0.3) is 0 Å². The average molecular weight is 380 g/mol. The number of hydrogen-bond donors (Lipinski definition) is 1. The molecule has 148 valence electrons. The van der Waals surface area contributed by atoms with E-state index in [-0.39, 0.29) is 11.8 Å². The van der Waals surface area contributed by atoms with E-state index >= 15 is 0 Å². The molecule has 1 fully saturated rings. The van der Waals surface area contributed by atoms with Crippen LogP contribution in [0, 0.1) is 13.8 Å². The van der Waals surface area contributed by atoms with E-state index in [9.17, 15) is 9.59 Å². The number of piperidine rings is 1. The summed E-state index contributed by atoms with van der Waals surface area (Å²) in [6, 6.07) is 13.0. The first-order chi connectivity index (χ1) is 13.5. The lowest BCUT2D eigenvalue weighted by Crippen LogP contribution is -2.35. The molecule has 1 saturated heterocycles. The van der Waals surface area contributed by atoms with Crippen LogP contribution in [0.2, 0.25) is 0 Å². The predicted octanol–water partition coefficient (Wildman–Crippen LogP) is 4.34. The molecule has 1 atom stereocenters. The Labute approximate surface area is 166 Å². The maximum absolute atomic E-state index is 12.7. The number of nitrogens with one attached hydrogen (secondary N) is 1. The Morgan fingerprint density at radius 1 is 1.00 bits per heavy atom. The van der Waals surface area contributed by atoms with Gasteiger partial charge in [-0.15, -0.1) is 0 Å². The van der Waals surface area contributed by atoms with Gasteiger partial charge in [0.15, 0.2) is 6.10 Å². The van der Waals surface area contributed by atoms with Crippen molar-refractivity contribution < 1.29 is 14.3 Å². The highest BCUT2D eigenvalue weighted by atomic mass is 16.5. The number of carbonyl (C=O) groups is 2. The van der Waals surface area contributed by atoms with Gasteiger partial charge in [0.05, 0.1) is 0 Å². The van der Waals surface area contributed by atoms with E-state index < -0.39 is 6.10 Å². The molecule has 0 aliphatic carbocycles. The lowest BCUT2D eigenvalue weighted by atomic mass is 10.1. The molecule has 1 heterocycles. The van der Waals surface area contributed by atoms with Crippen LogP contribution in [0.3, 0.4) is 0 Å². The van der Waals surface area contributed by atoms with E-state index in [0.29, 0.717) is 11.3 Å². The number of amides is 2. The highest BCUT2D eigenvalue weighted by molar-refractivity contribution is 5.98. The summed E-state index contributed by atoms with van der Waals surface area (Å²) in [6.07, 6.45) is 2.63. The Kier molecular flexibility index (Phi) is 6.34. The van der Waals surface area contributed by atoms with Crippen LogP contribution >= 0.6 is 0 Å². The van der Waals surface area contributed by atoms with E-state index in [1.54, 1.807) is 31.2 Å². The minimum Gasteiger partial charge on any atom is -0.480 e. The van der Waals surface area contributed by atoms with Crippen molar-refractivity contribution in [1.82, 2.24) is 4.90 Å². The van der Waals surface area contributed by atoms with Gasteiger partial charge < -0.3 is 15.0 Å². The molecular formula is C23H28N2O3. The Morgan fingerprint density at radius 2 is 1.64 bits per heavy atom. The number of carbonyl (C=O) groups excluding carboxylic acids is 2. The summed E-state index contributed by atoms with van der Waals surface area (Å²) in [5.74, 6) is 0.514. The van der Waals surface area contributed by atoms with Gasteiger partial charge in [0.25, 0.3) is 11.8 Å². The van der Waals surface area contributed by atoms with Crippen molar-refractivity contribution >= 4 is 17.5 Å². The Hall–Kier alpha value is -2.82. The molecule has 1 aliphatic rings. The molecule has 1 N–H and O–H groups in total. The highest BCUT2D eigenvalue weighted by Crippen LogP contribution is 2.24. The van der Waals surface area contributed by atoms with Crippen molar-refractivity contribution in [3.63, 3.8) is 0 Å². The molecular weight excluding hydrogens is 352 g/mol. The zero-order valence-corrected chi connectivity index (χ0v) is 16.8. The number of aryl methyl sites for hydroxylation is 2. The summed E-state index contributed by atoms with van der Waals surface area (Å²) >= 11 is 0. The van der Waals surface area contributed by atoms with Gasteiger partial charge in [0, 0.05) is 24.3 Å². The van der Waals surface area contributed by atoms with Gasteiger partial charge in [-0.05, 0) is 69.4 Å². The second-order valence-electron chi connectivity index (χ2n) is 7.40. The second kappa shape index (κ2) is 8.91. The van der Waals surface area contributed by atoms with Gasteiger partial charge in [0.2, 0.25) is 0 Å². The molecule has 1 aliphatic heterocycles. The molecule has 0 saturated carbocycles.